The van der Waals surface area contributed by atoms with Crippen molar-refractivity contribution in [2.75, 3.05) is 19.6 Å². The van der Waals surface area contributed by atoms with Gasteiger partial charge in [-0.3, -0.25) is 4.79 Å². The SMILES string of the molecule is CC(CC(=O)NCC1(C)CCNCC1)C1CCCCC1.Cl. The largest absolute Gasteiger partial charge is 0.356 e. The standard InChI is InChI=1S/C17H32N2O.ClH/c1-14(15-6-4-3-5-7-15)12-16(20)19-13-17(2)8-10-18-11-9-17;/h14-15,18H,3-13H2,1-2H3,(H,19,20);1H. The maximum Gasteiger partial charge on any atom is 0.220 e. The summed E-state index contributed by atoms with van der Waals surface area (Å²) in [5.74, 6) is 1.60. The van der Waals surface area contributed by atoms with Crippen LogP contribution in [0, 0.1) is 17.3 Å². The summed E-state index contributed by atoms with van der Waals surface area (Å²) in [5.41, 5.74) is 0.301. The fraction of sp³-hybridized carbons (Fsp3) is 0.941. The normalized spacial score (nSPS) is 23.9. The summed E-state index contributed by atoms with van der Waals surface area (Å²) in [7, 11) is 0. The zero-order valence-corrected chi connectivity index (χ0v) is 14.6. The van der Waals surface area contributed by atoms with Gasteiger partial charge >= 0.3 is 0 Å². The second kappa shape index (κ2) is 8.99. The summed E-state index contributed by atoms with van der Waals surface area (Å²) in [5, 5.41) is 6.59. The molecule has 1 aliphatic heterocycles. The second-order valence-corrected chi connectivity index (χ2v) is 7.42. The van der Waals surface area contributed by atoms with Crippen molar-refractivity contribution in [2.45, 2.75) is 65.2 Å². The molecule has 4 heteroatoms. The first-order valence-corrected chi connectivity index (χ1v) is 8.56. The van der Waals surface area contributed by atoms with Crippen LogP contribution in [-0.4, -0.2) is 25.5 Å². The van der Waals surface area contributed by atoms with Crippen LogP contribution in [0.3, 0.4) is 0 Å². The van der Waals surface area contributed by atoms with Crippen LogP contribution in [0.25, 0.3) is 0 Å². The number of piperidine rings is 1. The van der Waals surface area contributed by atoms with Crippen molar-refractivity contribution >= 4 is 18.3 Å². The van der Waals surface area contributed by atoms with Gasteiger partial charge in [-0.15, -0.1) is 12.4 Å². The van der Waals surface area contributed by atoms with Gasteiger partial charge in [0.1, 0.15) is 0 Å². The van der Waals surface area contributed by atoms with Crippen molar-refractivity contribution < 1.29 is 4.79 Å². The fourth-order valence-corrected chi connectivity index (χ4v) is 3.75. The Bertz CT molecular complexity index is 310. The van der Waals surface area contributed by atoms with Crippen molar-refractivity contribution in [2.24, 2.45) is 17.3 Å². The van der Waals surface area contributed by atoms with E-state index in [1.165, 1.54) is 44.9 Å². The number of rotatable bonds is 5. The fourth-order valence-electron chi connectivity index (χ4n) is 3.75. The van der Waals surface area contributed by atoms with E-state index >= 15 is 0 Å². The molecule has 0 spiro atoms. The molecule has 3 nitrogen and oxygen atoms in total. The Kier molecular flexibility index (Phi) is 8.04. The Morgan fingerprint density at radius 3 is 2.48 bits per heavy atom. The van der Waals surface area contributed by atoms with E-state index in [1.54, 1.807) is 0 Å². The molecule has 1 saturated carbocycles. The summed E-state index contributed by atoms with van der Waals surface area (Å²) >= 11 is 0. The number of nitrogens with one attached hydrogen (secondary N) is 2. The molecule has 1 aliphatic carbocycles. The molecule has 2 N–H and O–H groups in total. The van der Waals surface area contributed by atoms with E-state index in [-0.39, 0.29) is 18.3 Å². The highest BCUT2D eigenvalue weighted by Gasteiger charge is 2.28. The average molecular weight is 317 g/mol. The third kappa shape index (κ3) is 6.15. The maximum absolute atomic E-state index is 12.2. The third-order valence-corrected chi connectivity index (χ3v) is 5.48. The molecule has 0 aromatic heterocycles. The molecule has 1 saturated heterocycles. The molecule has 2 aliphatic rings. The van der Waals surface area contributed by atoms with Crippen LogP contribution < -0.4 is 10.6 Å². The van der Waals surface area contributed by atoms with Gasteiger partial charge in [-0.05, 0) is 43.2 Å². The number of carbonyl (C=O) groups is 1. The lowest BCUT2D eigenvalue weighted by molar-refractivity contribution is -0.123. The zero-order chi connectivity index (χ0) is 14.4. The van der Waals surface area contributed by atoms with Crippen LogP contribution >= 0.6 is 12.4 Å². The average Bonchev–Trinajstić information content (AvgIpc) is 2.47. The number of hydrogen-bond donors (Lipinski definition) is 2. The Hall–Kier alpha value is -0.280. The molecule has 21 heavy (non-hydrogen) atoms. The quantitative estimate of drug-likeness (QED) is 0.815. The molecule has 0 radical (unpaired) electrons. The van der Waals surface area contributed by atoms with Gasteiger partial charge in [-0.25, -0.2) is 0 Å². The van der Waals surface area contributed by atoms with Crippen LogP contribution in [0.15, 0.2) is 0 Å². The molecule has 1 heterocycles. The van der Waals surface area contributed by atoms with Gasteiger partial charge in [0.2, 0.25) is 5.91 Å². The summed E-state index contributed by atoms with van der Waals surface area (Å²) in [6.07, 6.45) is 9.84. The number of amides is 1. The van der Waals surface area contributed by atoms with Crippen molar-refractivity contribution in [1.82, 2.24) is 10.6 Å². The van der Waals surface area contributed by atoms with Crippen molar-refractivity contribution in [1.29, 1.82) is 0 Å². The minimum absolute atomic E-state index is 0. The molecule has 1 atom stereocenters. The monoisotopic (exact) mass is 316 g/mol. The van der Waals surface area contributed by atoms with E-state index in [0.717, 1.165) is 32.0 Å². The third-order valence-electron chi connectivity index (χ3n) is 5.48. The highest BCUT2D eigenvalue weighted by Crippen LogP contribution is 2.31. The van der Waals surface area contributed by atoms with Gasteiger partial charge in [0, 0.05) is 13.0 Å². The summed E-state index contributed by atoms with van der Waals surface area (Å²) in [6.45, 7) is 7.60. The summed E-state index contributed by atoms with van der Waals surface area (Å²) < 4.78 is 0. The summed E-state index contributed by atoms with van der Waals surface area (Å²) in [4.78, 5) is 12.2. The van der Waals surface area contributed by atoms with Crippen LogP contribution in [0.5, 0.6) is 0 Å². The van der Waals surface area contributed by atoms with Crippen LogP contribution in [0.2, 0.25) is 0 Å². The van der Waals surface area contributed by atoms with E-state index in [1.807, 2.05) is 0 Å². The molecule has 0 aromatic carbocycles. The Labute approximate surface area is 136 Å². The molecule has 0 aromatic rings. The van der Waals surface area contributed by atoms with Gasteiger partial charge in [0.15, 0.2) is 0 Å². The maximum atomic E-state index is 12.2. The number of hydrogen-bond acceptors (Lipinski definition) is 2. The van der Waals surface area contributed by atoms with Crippen LogP contribution in [0.4, 0.5) is 0 Å². The molecule has 0 bridgehead atoms. The van der Waals surface area contributed by atoms with Crippen molar-refractivity contribution in [3.8, 4) is 0 Å². The predicted octanol–water partition coefficient (Wildman–Crippen LogP) is 3.52. The van der Waals surface area contributed by atoms with Gasteiger partial charge in [-0.1, -0.05) is 46.0 Å². The van der Waals surface area contributed by atoms with Gasteiger partial charge < -0.3 is 10.6 Å². The Morgan fingerprint density at radius 1 is 1.24 bits per heavy atom. The van der Waals surface area contributed by atoms with Crippen LogP contribution in [-0.2, 0) is 4.79 Å². The lowest BCUT2D eigenvalue weighted by Gasteiger charge is -2.34. The highest BCUT2D eigenvalue weighted by atomic mass is 35.5. The van der Waals surface area contributed by atoms with E-state index in [0.29, 0.717) is 11.3 Å². The van der Waals surface area contributed by atoms with E-state index in [9.17, 15) is 4.79 Å². The van der Waals surface area contributed by atoms with Crippen molar-refractivity contribution in [3.63, 3.8) is 0 Å². The summed E-state index contributed by atoms with van der Waals surface area (Å²) in [6, 6.07) is 0. The Balaban J connectivity index is 0.00000220. The highest BCUT2D eigenvalue weighted by molar-refractivity contribution is 5.85. The predicted molar refractivity (Wildman–Crippen MR) is 90.8 cm³/mol. The van der Waals surface area contributed by atoms with E-state index in [4.69, 9.17) is 0 Å². The first-order valence-electron chi connectivity index (χ1n) is 8.56. The zero-order valence-electron chi connectivity index (χ0n) is 13.7. The van der Waals surface area contributed by atoms with Gasteiger partial charge in [0.05, 0.1) is 0 Å². The molecule has 2 fully saturated rings. The number of carbonyl (C=O) groups excluding carboxylic acids is 1. The molecule has 1 unspecified atom stereocenters. The second-order valence-electron chi connectivity index (χ2n) is 7.42. The van der Waals surface area contributed by atoms with Gasteiger partial charge in [-0.2, -0.15) is 0 Å². The lowest BCUT2D eigenvalue weighted by atomic mass is 9.79. The molecule has 1 amide bonds. The minimum Gasteiger partial charge on any atom is -0.356 e. The molecule has 124 valence electrons. The molecular weight excluding hydrogens is 284 g/mol. The minimum atomic E-state index is 0. The van der Waals surface area contributed by atoms with E-state index < -0.39 is 0 Å². The van der Waals surface area contributed by atoms with Crippen LogP contribution in [0.1, 0.15) is 65.2 Å². The first-order chi connectivity index (χ1) is 9.59. The van der Waals surface area contributed by atoms with E-state index in [2.05, 4.69) is 24.5 Å². The Morgan fingerprint density at radius 2 is 1.86 bits per heavy atom. The van der Waals surface area contributed by atoms with Crippen molar-refractivity contribution in [3.05, 3.63) is 0 Å². The molecular formula is C17H33ClN2O. The number of halogens is 1. The lowest BCUT2D eigenvalue weighted by Crippen LogP contribution is -2.43. The first kappa shape index (κ1) is 18.8. The molecule has 2 rings (SSSR count). The van der Waals surface area contributed by atoms with Gasteiger partial charge in [0.25, 0.3) is 0 Å². The topological polar surface area (TPSA) is 41.1 Å². The smallest absolute Gasteiger partial charge is 0.220 e.